The Morgan fingerprint density at radius 2 is 1.22 bits per heavy atom. The van der Waals surface area contributed by atoms with E-state index in [9.17, 15) is 0 Å². The van der Waals surface area contributed by atoms with Crippen molar-refractivity contribution < 1.29 is 0 Å². The molecule has 2 aromatic heterocycles. The first-order chi connectivity index (χ1) is 15.8. The van der Waals surface area contributed by atoms with Crippen LogP contribution in [0.4, 0.5) is 0 Å². The van der Waals surface area contributed by atoms with Crippen molar-refractivity contribution in [3.63, 3.8) is 0 Å². The van der Waals surface area contributed by atoms with Gasteiger partial charge in [0.2, 0.25) is 0 Å². The van der Waals surface area contributed by atoms with Gasteiger partial charge in [0.15, 0.2) is 15.5 Å². The van der Waals surface area contributed by atoms with Crippen LogP contribution in [0.1, 0.15) is 0 Å². The first-order valence-electron chi connectivity index (χ1n) is 10.3. The van der Waals surface area contributed by atoms with Crippen molar-refractivity contribution in [3.05, 3.63) is 107 Å². The predicted molar refractivity (Wildman–Crippen MR) is 138 cm³/mol. The van der Waals surface area contributed by atoms with Crippen LogP contribution in [0.5, 0.6) is 0 Å². The molecular weight excluding hydrogens is 507 g/mol. The van der Waals surface area contributed by atoms with Crippen LogP contribution in [0.3, 0.4) is 0 Å². The van der Waals surface area contributed by atoms with Crippen LogP contribution in [0, 0.1) is 3.83 Å². The highest BCUT2D eigenvalue weighted by Crippen LogP contribution is 2.37. The minimum Gasteiger partial charge on any atom is -0.309 e. The van der Waals surface area contributed by atoms with Crippen LogP contribution in [0.2, 0.25) is 0 Å². The van der Waals surface area contributed by atoms with Gasteiger partial charge in [-0.25, -0.2) is 15.0 Å². The van der Waals surface area contributed by atoms with Gasteiger partial charge in [-0.3, -0.25) is 0 Å². The molecule has 152 valence electrons. The molecule has 0 aliphatic heterocycles. The smallest absolute Gasteiger partial charge is 0.194 e. The lowest BCUT2D eigenvalue weighted by Gasteiger charge is -2.11. The molecule has 6 aromatic rings. The normalized spacial score (nSPS) is 11.3. The molecule has 0 aliphatic carbocycles. The molecule has 0 saturated heterocycles. The second kappa shape index (κ2) is 7.84. The lowest BCUT2D eigenvalue weighted by atomic mass is 10.1. The Morgan fingerprint density at radius 3 is 2.03 bits per heavy atom. The van der Waals surface area contributed by atoms with Gasteiger partial charge in [0.1, 0.15) is 0 Å². The van der Waals surface area contributed by atoms with Gasteiger partial charge in [0.05, 0.1) is 11.0 Å². The van der Waals surface area contributed by atoms with Crippen molar-refractivity contribution in [3.8, 4) is 28.5 Å². The Kier molecular flexibility index (Phi) is 4.69. The van der Waals surface area contributed by atoms with Crippen molar-refractivity contribution in [1.29, 1.82) is 0 Å². The Balaban J connectivity index is 1.70. The van der Waals surface area contributed by atoms with E-state index >= 15 is 0 Å². The van der Waals surface area contributed by atoms with Crippen LogP contribution in [0.25, 0.3) is 50.3 Å². The third kappa shape index (κ3) is 3.17. The molecule has 0 fully saturated rings. The van der Waals surface area contributed by atoms with Crippen molar-refractivity contribution in [2.24, 2.45) is 0 Å². The maximum absolute atomic E-state index is 4.89. The zero-order chi connectivity index (χ0) is 21.5. The van der Waals surface area contributed by atoms with Crippen LogP contribution >= 0.6 is 22.6 Å². The molecule has 5 heteroatoms. The van der Waals surface area contributed by atoms with E-state index in [2.05, 4.69) is 98.9 Å². The average Bonchev–Trinajstić information content (AvgIpc) is 3.19. The monoisotopic (exact) mass is 524 g/mol. The maximum Gasteiger partial charge on any atom is 0.194 e. The second-order valence-corrected chi connectivity index (χ2v) is 8.47. The van der Waals surface area contributed by atoms with E-state index in [1.165, 1.54) is 10.8 Å². The van der Waals surface area contributed by atoms with E-state index in [1.54, 1.807) is 0 Å². The average molecular weight is 524 g/mol. The Morgan fingerprint density at radius 1 is 0.562 bits per heavy atom. The number of benzene rings is 4. The lowest BCUT2D eigenvalue weighted by Crippen LogP contribution is -2.01. The quantitative estimate of drug-likeness (QED) is 0.237. The molecule has 0 amide bonds. The molecule has 0 radical (unpaired) electrons. The van der Waals surface area contributed by atoms with Crippen molar-refractivity contribution in [2.45, 2.75) is 0 Å². The van der Waals surface area contributed by atoms with E-state index in [-0.39, 0.29) is 0 Å². The van der Waals surface area contributed by atoms with E-state index in [4.69, 9.17) is 9.97 Å². The number of hydrogen-bond donors (Lipinski definition) is 0. The molecule has 2 heterocycles. The Hall–Kier alpha value is -3.58. The molecule has 0 saturated carbocycles. The summed E-state index contributed by atoms with van der Waals surface area (Å²) < 4.78 is 2.98. The van der Waals surface area contributed by atoms with Crippen molar-refractivity contribution >= 4 is 44.4 Å². The molecule has 0 unspecified atom stereocenters. The molecule has 32 heavy (non-hydrogen) atoms. The predicted octanol–water partition coefficient (Wildman–Crippen LogP) is 6.91. The van der Waals surface area contributed by atoms with Crippen molar-refractivity contribution in [2.75, 3.05) is 0 Å². The SMILES string of the molecule is Ic1nc(-c2ccccc2)nc(-c2cccc3c4ccccc4n(-c4ccccc4)c23)n1. The minimum atomic E-state index is 0.672. The first-order valence-corrected chi connectivity index (χ1v) is 11.4. The molecule has 0 bridgehead atoms. The Bertz CT molecular complexity index is 1570. The molecule has 6 rings (SSSR count). The summed E-state index contributed by atoms with van der Waals surface area (Å²) in [6.45, 7) is 0. The van der Waals surface area contributed by atoms with Crippen LogP contribution in [0.15, 0.2) is 103 Å². The minimum absolute atomic E-state index is 0.672. The highest BCUT2D eigenvalue weighted by atomic mass is 127. The van der Waals surface area contributed by atoms with Crippen LogP contribution in [-0.2, 0) is 0 Å². The summed E-state index contributed by atoms with van der Waals surface area (Å²) in [5, 5.41) is 2.39. The van der Waals surface area contributed by atoms with Crippen molar-refractivity contribution in [1.82, 2.24) is 19.5 Å². The molecule has 0 N–H and O–H groups in total. The molecule has 4 nitrogen and oxygen atoms in total. The van der Waals surface area contributed by atoms with Gasteiger partial charge in [-0.2, -0.15) is 0 Å². The summed E-state index contributed by atoms with van der Waals surface area (Å²) in [4.78, 5) is 14.2. The second-order valence-electron chi connectivity index (χ2n) is 7.51. The largest absolute Gasteiger partial charge is 0.309 e. The summed E-state index contributed by atoms with van der Waals surface area (Å²) in [5.41, 5.74) is 5.33. The first kappa shape index (κ1) is 19.1. The summed E-state index contributed by atoms with van der Waals surface area (Å²) in [5.74, 6) is 1.35. The molecule has 0 atom stereocenters. The van der Waals surface area contributed by atoms with Gasteiger partial charge in [-0.15, -0.1) is 0 Å². The van der Waals surface area contributed by atoms with Crippen LogP contribution < -0.4 is 0 Å². The van der Waals surface area contributed by atoms with E-state index in [0.717, 1.165) is 27.8 Å². The fourth-order valence-electron chi connectivity index (χ4n) is 4.23. The maximum atomic E-state index is 4.89. The highest BCUT2D eigenvalue weighted by molar-refractivity contribution is 14.1. The third-order valence-corrected chi connectivity index (χ3v) is 6.07. The zero-order valence-corrected chi connectivity index (χ0v) is 19.1. The highest BCUT2D eigenvalue weighted by Gasteiger charge is 2.18. The zero-order valence-electron chi connectivity index (χ0n) is 17.0. The van der Waals surface area contributed by atoms with Gasteiger partial charge in [-0.1, -0.05) is 78.9 Å². The van der Waals surface area contributed by atoms with Gasteiger partial charge < -0.3 is 4.57 Å². The molecule has 0 spiro atoms. The number of fused-ring (bicyclic) bond motifs is 3. The molecule has 0 aliphatic rings. The number of nitrogens with zero attached hydrogens (tertiary/aromatic N) is 4. The summed E-state index contributed by atoms with van der Waals surface area (Å²) in [7, 11) is 0. The number of halogens is 1. The summed E-state index contributed by atoms with van der Waals surface area (Å²) >= 11 is 2.17. The third-order valence-electron chi connectivity index (χ3n) is 5.59. The number of rotatable bonds is 3. The molecule has 4 aromatic carbocycles. The molecular formula is C27H17IN4. The Labute approximate surface area is 198 Å². The van der Waals surface area contributed by atoms with Crippen LogP contribution in [-0.4, -0.2) is 19.5 Å². The van der Waals surface area contributed by atoms with E-state index in [1.807, 2.05) is 36.4 Å². The summed E-state index contributed by atoms with van der Waals surface area (Å²) in [6, 6.07) is 35.3. The number of hydrogen-bond acceptors (Lipinski definition) is 3. The fraction of sp³-hybridized carbons (Fsp3) is 0. The van der Waals surface area contributed by atoms with Gasteiger partial charge in [0.25, 0.3) is 0 Å². The fourth-order valence-corrected chi connectivity index (χ4v) is 4.69. The van der Waals surface area contributed by atoms with E-state index in [0.29, 0.717) is 15.5 Å². The summed E-state index contributed by atoms with van der Waals surface area (Å²) in [6.07, 6.45) is 0. The number of aromatic nitrogens is 4. The number of para-hydroxylation sites is 3. The van der Waals surface area contributed by atoms with Gasteiger partial charge >= 0.3 is 0 Å². The topological polar surface area (TPSA) is 43.6 Å². The lowest BCUT2D eigenvalue weighted by molar-refractivity contribution is 1.02. The van der Waals surface area contributed by atoms with Gasteiger partial charge in [-0.05, 0) is 24.3 Å². The van der Waals surface area contributed by atoms with E-state index < -0.39 is 0 Å². The standard InChI is InChI=1S/C27H17IN4/c28-27-30-25(18-10-3-1-4-11-18)29-26(31-27)22-16-9-15-21-20-14-7-8-17-23(20)32(24(21)22)19-12-5-2-6-13-19/h1-17H. The van der Waals surface area contributed by atoms with Gasteiger partial charge in [0, 0.05) is 50.2 Å².